The van der Waals surface area contributed by atoms with E-state index in [1.54, 1.807) is 30.3 Å². The van der Waals surface area contributed by atoms with Crippen LogP contribution in [0, 0.1) is 0 Å². The Morgan fingerprint density at radius 2 is 1.80 bits per heavy atom. The minimum absolute atomic E-state index is 0.196. The van der Waals surface area contributed by atoms with E-state index in [-0.39, 0.29) is 22.9 Å². The van der Waals surface area contributed by atoms with Gasteiger partial charge in [-0.15, -0.1) is 6.58 Å². The minimum Gasteiger partial charge on any atom is -0.493 e. The van der Waals surface area contributed by atoms with Gasteiger partial charge < -0.3 is 14.2 Å². The number of carbonyl (C=O) groups is 2. The fraction of sp³-hybridized carbons (Fsp3) is 0.115. The monoisotopic (exact) mass is 512 g/mol. The van der Waals surface area contributed by atoms with Gasteiger partial charge in [-0.25, -0.2) is 10.2 Å². The summed E-state index contributed by atoms with van der Waals surface area (Å²) in [6, 6.07) is 16.7. The lowest BCUT2D eigenvalue weighted by molar-refractivity contribution is -0.123. The summed E-state index contributed by atoms with van der Waals surface area (Å²) in [5.41, 5.74) is 4.19. The van der Waals surface area contributed by atoms with Gasteiger partial charge in [0.05, 0.1) is 28.9 Å². The van der Waals surface area contributed by atoms with Gasteiger partial charge in [-0.1, -0.05) is 47.5 Å². The van der Waals surface area contributed by atoms with Crippen molar-refractivity contribution in [1.29, 1.82) is 0 Å². The number of nitrogens with zero attached hydrogens (tertiary/aromatic N) is 1. The summed E-state index contributed by atoms with van der Waals surface area (Å²) < 4.78 is 16.3. The largest absolute Gasteiger partial charge is 0.493 e. The molecule has 0 heterocycles. The molecule has 9 heteroatoms. The third-order valence-electron chi connectivity index (χ3n) is 4.64. The summed E-state index contributed by atoms with van der Waals surface area (Å²) in [4.78, 5) is 24.5. The summed E-state index contributed by atoms with van der Waals surface area (Å²) in [6.07, 6.45) is 3.83. The third kappa shape index (κ3) is 7.34. The first-order chi connectivity index (χ1) is 16.9. The van der Waals surface area contributed by atoms with Crippen molar-refractivity contribution in [1.82, 2.24) is 5.43 Å². The van der Waals surface area contributed by atoms with Gasteiger partial charge in [-0.3, -0.25) is 4.79 Å². The summed E-state index contributed by atoms with van der Waals surface area (Å²) >= 11 is 11.8. The zero-order chi connectivity index (χ0) is 25.2. The molecule has 7 nitrogen and oxygen atoms in total. The molecule has 0 saturated carbocycles. The number of hydrogen-bond donors (Lipinski definition) is 1. The van der Waals surface area contributed by atoms with Gasteiger partial charge in [-0.2, -0.15) is 5.10 Å². The molecule has 0 aromatic heterocycles. The van der Waals surface area contributed by atoms with Gasteiger partial charge in [-0.05, 0) is 60.0 Å². The average molecular weight is 513 g/mol. The van der Waals surface area contributed by atoms with Crippen molar-refractivity contribution < 1.29 is 23.8 Å². The van der Waals surface area contributed by atoms with Gasteiger partial charge in [0, 0.05) is 0 Å². The van der Waals surface area contributed by atoms with E-state index in [2.05, 4.69) is 17.1 Å². The number of ether oxygens (including phenoxy) is 3. The van der Waals surface area contributed by atoms with Crippen LogP contribution in [0.15, 0.2) is 78.4 Å². The number of methoxy groups -OCH3 is 1. The Balaban J connectivity index is 1.58. The minimum atomic E-state index is -0.620. The molecule has 3 rings (SSSR count). The van der Waals surface area contributed by atoms with E-state index in [1.807, 2.05) is 18.2 Å². The molecule has 0 radical (unpaired) electrons. The Morgan fingerprint density at radius 3 is 2.54 bits per heavy atom. The molecule has 0 saturated heterocycles. The van der Waals surface area contributed by atoms with E-state index in [4.69, 9.17) is 37.4 Å². The highest BCUT2D eigenvalue weighted by Gasteiger charge is 2.14. The molecular formula is C26H22Cl2N2O5. The van der Waals surface area contributed by atoms with Gasteiger partial charge in [0.1, 0.15) is 5.75 Å². The molecule has 0 aliphatic rings. The molecule has 1 N–H and O–H groups in total. The van der Waals surface area contributed by atoms with Crippen LogP contribution in [0.5, 0.6) is 17.2 Å². The quantitative estimate of drug-likeness (QED) is 0.128. The van der Waals surface area contributed by atoms with E-state index in [1.165, 1.54) is 31.5 Å². The molecule has 180 valence electrons. The molecule has 0 unspecified atom stereocenters. The van der Waals surface area contributed by atoms with Gasteiger partial charge in [0.15, 0.2) is 18.1 Å². The van der Waals surface area contributed by atoms with Gasteiger partial charge in [0.25, 0.3) is 5.91 Å². The van der Waals surface area contributed by atoms with Crippen molar-refractivity contribution in [3.05, 3.63) is 100 Å². The zero-order valence-corrected chi connectivity index (χ0v) is 20.3. The predicted molar refractivity (Wildman–Crippen MR) is 136 cm³/mol. The van der Waals surface area contributed by atoms with E-state index in [9.17, 15) is 9.59 Å². The molecule has 0 atom stereocenters. The average Bonchev–Trinajstić information content (AvgIpc) is 2.86. The number of benzene rings is 3. The molecule has 0 fully saturated rings. The Morgan fingerprint density at radius 1 is 1.00 bits per heavy atom. The smallest absolute Gasteiger partial charge is 0.343 e. The highest BCUT2D eigenvalue weighted by molar-refractivity contribution is 6.42. The molecule has 3 aromatic rings. The third-order valence-corrected chi connectivity index (χ3v) is 5.38. The van der Waals surface area contributed by atoms with Crippen molar-refractivity contribution in [2.45, 2.75) is 6.42 Å². The van der Waals surface area contributed by atoms with Crippen molar-refractivity contribution in [3.63, 3.8) is 0 Å². The van der Waals surface area contributed by atoms with Gasteiger partial charge in [0.2, 0.25) is 0 Å². The van der Waals surface area contributed by atoms with Crippen molar-refractivity contribution in [2.75, 3.05) is 13.7 Å². The Hall–Kier alpha value is -3.81. The number of rotatable bonds is 10. The molecule has 0 bridgehead atoms. The van der Waals surface area contributed by atoms with Crippen LogP contribution in [0.4, 0.5) is 0 Å². The normalized spacial score (nSPS) is 10.6. The summed E-state index contributed by atoms with van der Waals surface area (Å²) in [6.45, 7) is 3.52. The summed E-state index contributed by atoms with van der Waals surface area (Å²) in [5, 5.41) is 4.51. The summed E-state index contributed by atoms with van der Waals surface area (Å²) in [5.74, 6) is 0.0773. The number of hydrazone groups is 1. The van der Waals surface area contributed by atoms with Crippen molar-refractivity contribution in [2.24, 2.45) is 5.10 Å². The first-order valence-corrected chi connectivity index (χ1v) is 11.2. The summed E-state index contributed by atoms with van der Waals surface area (Å²) in [7, 11) is 1.44. The molecule has 0 spiro atoms. The zero-order valence-electron chi connectivity index (χ0n) is 18.8. The van der Waals surface area contributed by atoms with Crippen molar-refractivity contribution in [3.8, 4) is 17.2 Å². The molecule has 35 heavy (non-hydrogen) atoms. The van der Waals surface area contributed by atoms with Crippen molar-refractivity contribution >= 4 is 41.3 Å². The molecular weight excluding hydrogens is 491 g/mol. The first kappa shape index (κ1) is 25.8. The predicted octanol–water partition coefficient (Wildman–Crippen LogP) is 5.48. The van der Waals surface area contributed by atoms with E-state index in [0.717, 1.165) is 5.56 Å². The molecule has 0 aliphatic carbocycles. The lowest BCUT2D eigenvalue weighted by Crippen LogP contribution is -2.24. The number of halogens is 2. The number of nitrogens with one attached hydrogen (secondary N) is 1. The number of amides is 1. The fourth-order valence-corrected chi connectivity index (χ4v) is 3.25. The van der Waals surface area contributed by atoms with Crippen LogP contribution in [0.1, 0.15) is 21.5 Å². The lowest BCUT2D eigenvalue weighted by atomic mass is 10.1. The molecule has 3 aromatic carbocycles. The second kappa shape index (κ2) is 12.6. The first-order valence-electron chi connectivity index (χ1n) is 10.4. The highest BCUT2D eigenvalue weighted by atomic mass is 35.5. The van der Waals surface area contributed by atoms with Crippen LogP contribution in [0.2, 0.25) is 10.0 Å². The number of hydrogen-bond acceptors (Lipinski definition) is 6. The van der Waals surface area contributed by atoms with Crippen LogP contribution in [0.25, 0.3) is 0 Å². The Kier molecular flexibility index (Phi) is 9.29. The van der Waals surface area contributed by atoms with E-state index < -0.39 is 11.9 Å². The Bertz CT molecular complexity index is 1260. The maximum atomic E-state index is 12.4. The van der Waals surface area contributed by atoms with Crippen LogP contribution in [-0.2, 0) is 11.2 Å². The fourth-order valence-electron chi connectivity index (χ4n) is 2.95. The molecule has 0 aliphatic heterocycles. The maximum Gasteiger partial charge on any atom is 0.343 e. The lowest BCUT2D eigenvalue weighted by Gasteiger charge is -2.10. The Labute approximate surface area is 212 Å². The van der Waals surface area contributed by atoms with Crippen LogP contribution < -0.4 is 19.6 Å². The van der Waals surface area contributed by atoms with Crippen LogP contribution in [-0.4, -0.2) is 31.8 Å². The van der Waals surface area contributed by atoms with Gasteiger partial charge >= 0.3 is 5.97 Å². The number of para-hydroxylation sites is 1. The number of allylic oxidation sites excluding steroid dienone is 1. The highest BCUT2D eigenvalue weighted by Crippen LogP contribution is 2.29. The molecule has 1 amide bonds. The van der Waals surface area contributed by atoms with Crippen LogP contribution >= 0.6 is 23.2 Å². The second-order valence-electron chi connectivity index (χ2n) is 7.11. The maximum absolute atomic E-state index is 12.4. The van der Waals surface area contributed by atoms with E-state index >= 15 is 0 Å². The second-order valence-corrected chi connectivity index (χ2v) is 7.93. The number of esters is 1. The standard InChI is InChI=1S/C26H22Cl2N2O5/c1-3-6-18-7-4-5-8-22(18)34-16-25(31)30-29-15-17-9-12-23(24(13-17)33-2)35-26(32)19-10-11-20(27)21(28)14-19/h3-5,7-15H,1,6,16H2,2H3,(H,30,31)/b29-15-. The topological polar surface area (TPSA) is 86.2 Å². The van der Waals surface area contributed by atoms with Crippen LogP contribution in [0.3, 0.4) is 0 Å². The number of carbonyl (C=O) groups excluding carboxylic acids is 2. The SMILES string of the molecule is C=CCc1ccccc1OCC(=O)N/N=C\c1ccc(OC(=O)c2ccc(Cl)c(Cl)c2)c(OC)c1. The van der Waals surface area contributed by atoms with E-state index in [0.29, 0.717) is 28.5 Å².